The Kier molecular flexibility index (Phi) is 6.73. The van der Waals surface area contributed by atoms with Crippen LogP contribution in [0.25, 0.3) is 0 Å². The summed E-state index contributed by atoms with van der Waals surface area (Å²) in [4.78, 5) is 25.3. The first-order valence-electron chi connectivity index (χ1n) is 10.9. The Hall–Kier alpha value is -4.39. The predicted molar refractivity (Wildman–Crippen MR) is 133 cm³/mol. The number of hydrogen-bond donors (Lipinski definition) is 2. The number of carbonyl (C=O) groups is 1. The van der Waals surface area contributed by atoms with Crippen LogP contribution in [0.15, 0.2) is 83.8 Å². The molecule has 1 amide bonds. The number of ether oxygens (including phenoxy) is 1. The fourth-order valence-electron chi connectivity index (χ4n) is 3.35. The third-order valence-electron chi connectivity index (χ3n) is 5.52. The summed E-state index contributed by atoms with van der Waals surface area (Å²) in [6.07, 6.45) is 1.50. The zero-order valence-electron chi connectivity index (χ0n) is 19.3. The maximum absolute atomic E-state index is 12.8. The Labute approximate surface area is 198 Å². The molecule has 4 rings (SSSR count). The molecule has 2 N–H and O–H groups in total. The highest BCUT2D eigenvalue weighted by atomic mass is 16.5. The van der Waals surface area contributed by atoms with Crippen molar-refractivity contribution >= 4 is 17.3 Å². The summed E-state index contributed by atoms with van der Waals surface area (Å²) in [5.41, 5.74) is 4.37. The highest BCUT2D eigenvalue weighted by Crippen LogP contribution is 2.29. The van der Waals surface area contributed by atoms with Crippen molar-refractivity contribution in [3.8, 4) is 11.5 Å². The van der Waals surface area contributed by atoms with Gasteiger partial charge in [-0.15, -0.1) is 0 Å². The second-order valence-corrected chi connectivity index (χ2v) is 8.03. The number of nitrogens with zero attached hydrogens (tertiary/aromatic N) is 2. The first-order valence-corrected chi connectivity index (χ1v) is 10.9. The van der Waals surface area contributed by atoms with Gasteiger partial charge in [-0.2, -0.15) is 5.10 Å². The molecule has 0 spiro atoms. The van der Waals surface area contributed by atoms with E-state index >= 15 is 0 Å². The van der Waals surface area contributed by atoms with Gasteiger partial charge in [-0.25, -0.2) is 4.68 Å². The smallest absolute Gasteiger partial charge is 0.294 e. The van der Waals surface area contributed by atoms with E-state index in [9.17, 15) is 9.59 Å². The molecule has 0 unspecified atom stereocenters. The Morgan fingerprint density at radius 1 is 0.971 bits per heavy atom. The van der Waals surface area contributed by atoms with Crippen LogP contribution < -0.4 is 20.9 Å². The Bertz CT molecular complexity index is 1360. The third kappa shape index (κ3) is 5.32. The fraction of sp³-hybridized carbons (Fsp3) is 0.148. The molecule has 0 atom stereocenters. The largest absolute Gasteiger partial charge is 0.453 e. The molecule has 7 heteroatoms. The van der Waals surface area contributed by atoms with Crippen molar-refractivity contribution in [3.05, 3.63) is 112 Å². The fourth-order valence-corrected chi connectivity index (χ4v) is 3.35. The Morgan fingerprint density at radius 3 is 2.41 bits per heavy atom. The molecule has 1 aromatic heterocycles. The van der Waals surface area contributed by atoms with Gasteiger partial charge >= 0.3 is 0 Å². The quantitative estimate of drug-likeness (QED) is 0.416. The summed E-state index contributed by atoms with van der Waals surface area (Å²) in [5.74, 6) is 0.761. The molecule has 34 heavy (non-hydrogen) atoms. The number of aromatic nitrogens is 2. The maximum atomic E-state index is 12.8. The SMILES string of the molecule is Cc1ccc(Oc2cnn(C)c(=O)c2Nc2ccc(C(=O)NCc3ccccc3)cc2)cc1C. The van der Waals surface area contributed by atoms with Gasteiger partial charge in [0.05, 0.1) is 6.20 Å². The van der Waals surface area contributed by atoms with Crippen molar-refractivity contribution < 1.29 is 9.53 Å². The van der Waals surface area contributed by atoms with E-state index in [1.807, 2.05) is 62.4 Å². The molecule has 3 aromatic carbocycles. The lowest BCUT2D eigenvalue weighted by molar-refractivity contribution is 0.0951. The van der Waals surface area contributed by atoms with Gasteiger partial charge in [0.25, 0.3) is 11.5 Å². The normalized spacial score (nSPS) is 10.6. The number of carbonyl (C=O) groups excluding carboxylic acids is 1. The minimum absolute atomic E-state index is 0.172. The van der Waals surface area contributed by atoms with E-state index < -0.39 is 0 Å². The lowest BCUT2D eigenvalue weighted by atomic mass is 10.1. The van der Waals surface area contributed by atoms with Crippen LogP contribution in [0, 0.1) is 13.8 Å². The molecule has 0 radical (unpaired) electrons. The lowest BCUT2D eigenvalue weighted by Crippen LogP contribution is -2.23. The summed E-state index contributed by atoms with van der Waals surface area (Å²) in [7, 11) is 1.58. The molecule has 4 aromatic rings. The van der Waals surface area contributed by atoms with Crippen LogP contribution in [-0.2, 0) is 13.6 Å². The number of rotatable bonds is 7. The van der Waals surface area contributed by atoms with E-state index in [0.717, 1.165) is 16.7 Å². The summed E-state index contributed by atoms with van der Waals surface area (Å²) >= 11 is 0. The summed E-state index contributed by atoms with van der Waals surface area (Å²) in [6, 6.07) is 22.4. The van der Waals surface area contributed by atoms with Crippen LogP contribution in [0.5, 0.6) is 11.5 Å². The number of anilines is 2. The van der Waals surface area contributed by atoms with E-state index in [1.54, 1.807) is 31.3 Å². The second kappa shape index (κ2) is 10.0. The van der Waals surface area contributed by atoms with Gasteiger partial charge in [-0.3, -0.25) is 9.59 Å². The van der Waals surface area contributed by atoms with Crippen molar-refractivity contribution in [1.29, 1.82) is 0 Å². The summed E-state index contributed by atoms with van der Waals surface area (Å²) in [6.45, 7) is 4.48. The molecule has 7 nitrogen and oxygen atoms in total. The van der Waals surface area contributed by atoms with Gasteiger partial charge in [-0.1, -0.05) is 36.4 Å². The highest BCUT2D eigenvalue weighted by Gasteiger charge is 2.14. The summed E-state index contributed by atoms with van der Waals surface area (Å²) < 4.78 is 7.22. The van der Waals surface area contributed by atoms with E-state index in [4.69, 9.17) is 4.74 Å². The van der Waals surface area contributed by atoms with Crippen molar-refractivity contribution in [2.45, 2.75) is 20.4 Å². The molecule has 0 aliphatic carbocycles. The molecule has 0 bridgehead atoms. The molecule has 0 saturated heterocycles. The zero-order valence-corrected chi connectivity index (χ0v) is 19.3. The number of nitrogens with one attached hydrogen (secondary N) is 2. The molecular formula is C27H26N4O3. The lowest BCUT2D eigenvalue weighted by Gasteiger charge is -2.14. The minimum atomic E-state index is -0.328. The van der Waals surface area contributed by atoms with Crippen LogP contribution in [0.3, 0.4) is 0 Å². The van der Waals surface area contributed by atoms with Gasteiger partial charge in [0.1, 0.15) is 5.75 Å². The molecule has 1 heterocycles. The number of amides is 1. The monoisotopic (exact) mass is 454 g/mol. The van der Waals surface area contributed by atoms with Gasteiger partial charge in [-0.05, 0) is 66.9 Å². The predicted octanol–water partition coefficient (Wildman–Crippen LogP) is 4.86. The molecule has 0 saturated carbocycles. The van der Waals surface area contributed by atoms with Crippen LogP contribution in [0.4, 0.5) is 11.4 Å². The van der Waals surface area contributed by atoms with Crippen molar-refractivity contribution in [2.75, 3.05) is 5.32 Å². The molecule has 0 aliphatic rings. The van der Waals surface area contributed by atoms with E-state index in [-0.39, 0.29) is 17.2 Å². The number of hydrogen-bond acceptors (Lipinski definition) is 5. The van der Waals surface area contributed by atoms with E-state index in [1.165, 1.54) is 10.9 Å². The van der Waals surface area contributed by atoms with Crippen molar-refractivity contribution in [1.82, 2.24) is 15.1 Å². The minimum Gasteiger partial charge on any atom is -0.453 e. The molecular weight excluding hydrogens is 428 g/mol. The van der Waals surface area contributed by atoms with Gasteiger partial charge < -0.3 is 15.4 Å². The third-order valence-corrected chi connectivity index (χ3v) is 5.52. The molecule has 0 fully saturated rings. The average Bonchev–Trinajstić information content (AvgIpc) is 2.85. The molecule has 0 aliphatic heterocycles. The van der Waals surface area contributed by atoms with E-state index in [2.05, 4.69) is 15.7 Å². The number of benzene rings is 3. The van der Waals surface area contributed by atoms with Gasteiger partial charge in [0.15, 0.2) is 11.4 Å². The van der Waals surface area contributed by atoms with Crippen LogP contribution >= 0.6 is 0 Å². The van der Waals surface area contributed by atoms with Crippen molar-refractivity contribution in [2.24, 2.45) is 7.05 Å². The highest BCUT2D eigenvalue weighted by molar-refractivity contribution is 5.94. The van der Waals surface area contributed by atoms with Crippen molar-refractivity contribution in [3.63, 3.8) is 0 Å². The summed E-state index contributed by atoms with van der Waals surface area (Å²) in [5, 5.41) is 10.1. The first-order chi connectivity index (χ1) is 16.4. The average molecular weight is 455 g/mol. The van der Waals surface area contributed by atoms with Crippen LogP contribution in [-0.4, -0.2) is 15.7 Å². The second-order valence-electron chi connectivity index (χ2n) is 8.03. The number of aryl methyl sites for hydroxylation is 3. The molecule has 172 valence electrons. The first kappa shape index (κ1) is 22.8. The van der Waals surface area contributed by atoms with E-state index in [0.29, 0.717) is 29.3 Å². The van der Waals surface area contributed by atoms with Gasteiger partial charge in [0.2, 0.25) is 0 Å². The Morgan fingerprint density at radius 2 is 1.71 bits per heavy atom. The maximum Gasteiger partial charge on any atom is 0.294 e. The Balaban J connectivity index is 1.50. The van der Waals surface area contributed by atoms with Gasteiger partial charge in [0, 0.05) is 24.8 Å². The standard InChI is InChI=1S/C27H26N4O3/c1-18-9-14-23(15-19(18)2)34-24-17-29-31(3)27(33)25(24)30-22-12-10-21(11-13-22)26(32)28-16-20-7-5-4-6-8-20/h4-15,17,30H,16H2,1-3H3,(H,28,32). The van der Waals surface area contributed by atoms with Crippen LogP contribution in [0.1, 0.15) is 27.0 Å². The zero-order chi connectivity index (χ0) is 24.1. The van der Waals surface area contributed by atoms with Crippen LogP contribution in [0.2, 0.25) is 0 Å². The topological polar surface area (TPSA) is 85.2 Å².